The molecule has 5 N–H and O–H groups in total. The van der Waals surface area contributed by atoms with Crippen LogP contribution in [-0.4, -0.2) is 74.8 Å². The van der Waals surface area contributed by atoms with Gasteiger partial charge in [-0.2, -0.15) is 13.2 Å². The highest BCUT2D eigenvalue weighted by atomic mass is 19.4. The number of aliphatic hydroxyl groups excluding tert-OH is 1. The summed E-state index contributed by atoms with van der Waals surface area (Å²) in [5, 5.41) is 17.1. The van der Waals surface area contributed by atoms with E-state index in [0.717, 1.165) is 18.4 Å². The lowest BCUT2D eigenvalue weighted by atomic mass is 9.99. The number of nitrogens with zero attached hydrogens (tertiary/aromatic N) is 3. The molecule has 42 heavy (non-hydrogen) atoms. The first-order chi connectivity index (χ1) is 20.1. The predicted molar refractivity (Wildman–Crippen MR) is 151 cm³/mol. The smallest absolute Gasteiger partial charge is 0.390 e. The van der Waals surface area contributed by atoms with E-state index in [0.29, 0.717) is 17.5 Å². The molecule has 2 amide bonds. The maximum absolute atomic E-state index is 14.0. The van der Waals surface area contributed by atoms with Crippen LogP contribution in [-0.2, 0) is 16.0 Å². The molecule has 9 nitrogen and oxygen atoms in total. The quantitative estimate of drug-likeness (QED) is 0.272. The summed E-state index contributed by atoms with van der Waals surface area (Å²) in [6, 6.07) is 12.2. The van der Waals surface area contributed by atoms with Crippen molar-refractivity contribution in [2.75, 3.05) is 11.9 Å². The number of hydrogen-bond donors (Lipinski definition) is 4. The number of fused-ring (bicyclic) bond motifs is 2. The lowest BCUT2D eigenvalue weighted by Gasteiger charge is -2.35. The zero-order valence-electron chi connectivity index (χ0n) is 23.0. The summed E-state index contributed by atoms with van der Waals surface area (Å²) in [6.07, 6.45) is -2.23. The fraction of sp³-hybridized carbons (Fsp3) is 0.467. The van der Waals surface area contributed by atoms with Gasteiger partial charge in [-0.05, 0) is 49.3 Å². The van der Waals surface area contributed by atoms with Crippen LogP contribution in [0, 0.1) is 5.92 Å². The summed E-state index contributed by atoms with van der Waals surface area (Å²) >= 11 is 0. The van der Waals surface area contributed by atoms with Gasteiger partial charge < -0.3 is 21.5 Å². The number of para-hydroxylation sites is 2. The highest BCUT2D eigenvalue weighted by molar-refractivity contribution is 5.90. The van der Waals surface area contributed by atoms with E-state index in [1.165, 1.54) is 11.1 Å². The molecule has 1 aromatic heterocycles. The fourth-order valence-electron chi connectivity index (χ4n) is 6.36. The van der Waals surface area contributed by atoms with Crippen LogP contribution in [0.25, 0.3) is 11.0 Å². The largest absolute Gasteiger partial charge is 0.404 e. The van der Waals surface area contributed by atoms with E-state index in [1.54, 1.807) is 30.3 Å². The molecule has 2 aromatic carbocycles. The Kier molecular flexibility index (Phi) is 8.93. The lowest BCUT2D eigenvalue weighted by Crippen LogP contribution is -2.56. The molecule has 1 aliphatic heterocycles. The van der Waals surface area contributed by atoms with Crippen LogP contribution >= 0.6 is 0 Å². The molecule has 1 saturated heterocycles. The standard InChI is InChI=1S/C30H35F3N6O3/c31-30(32,33)26-14-19-9-6-12-24(19)39(26)17-25(40)22(13-18-7-2-1-3-8-18)38-29(42)23(15-27(34)41)37-28-16-35-20-10-4-5-11-21(20)36-28/h1-5,7-8,10-11,16,19,22-26,40H,6,9,12-15,17H2,(H2,34,41)(H,36,37)(H,38,42)/t19-,22-,23-,24-,25+,26-/m0/s1. The highest BCUT2D eigenvalue weighted by Gasteiger charge is 2.54. The van der Waals surface area contributed by atoms with Gasteiger partial charge in [0.15, 0.2) is 0 Å². The number of amides is 2. The van der Waals surface area contributed by atoms with Crippen molar-refractivity contribution in [2.45, 2.75) is 75.0 Å². The van der Waals surface area contributed by atoms with Gasteiger partial charge in [-0.3, -0.25) is 19.5 Å². The number of likely N-dealkylation sites (tertiary alicyclic amines) is 1. The number of benzene rings is 2. The van der Waals surface area contributed by atoms with Crippen molar-refractivity contribution in [2.24, 2.45) is 11.7 Å². The SMILES string of the molecule is NC(=O)C[C@H](Nc1cnc2ccccc2n1)C(=O)N[C@@H](Cc1ccccc1)[C@H](O)CN1[C@H](C(F)(F)F)C[C@@H]2CCC[C@@H]21. The number of anilines is 1. The van der Waals surface area contributed by atoms with Gasteiger partial charge in [0.2, 0.25) is 11.8 Å². The maximum atomic E-state index is 14.0. The zero-order chi connectivity index (χ0) is 29.9. The monoisotopic (exact) mass is 584 g/mol. The number of alkyl halides is 3. The number of carbonyl (C=O) groups excluding carboxylic acids is 2. The normalized spacial score (nSPS) is 22.8. The zero-order valence-corrected chi connectivity index (χ0v) is 23.0. The van der Waals surface area contributed by atoms with Crippen LogP contribution in [0.3, 0.4) is 0 Å². The molecular formula is C30H35F3N6O3. The highest BCUT2D eigenvalue weighted by Crippen LogP contribution is 2.46. The second-order valence-corrected chi connectivity index (χ2v) is 11.2. The van der Waals surface area contributed by atoms with Gasteiger partial charge in [0.1, 0.15) is 17.9 Å². The molecule has 0 spiro atoms. The topological polar surface area (TPSA) is 133 Å². The minimum Gasteiger partial charge on any atom is -0.390 e. The van der Waals surface area contributed by atoms with Crippen LogP contribution < -0.4 is 16.4 Å². The van der Waals surface area contributed by atoms with Gasteiger partial charge in [0.25, 0.3) is 0 Å². The van der Waals surface area contributed by atoms with E-state index in [4.69, 9.17) is 5.73 Å². The van der Waals surface area contributed by atoms with Gasteiger partial charge in [0, 0.05) is 12.6 Å². The number of primary amides is 1. The van der Waals surface area contributed by atoms with Crippen molar-refractivity contribution in [1.29, 1.82) is 0 Å². The average molecular weight is 585 g/mol. The molecule has 0 bridgehead atoms. The Balaban J connectivity index is 1.36. The molecule has 1 aliphatic carbocycles. The summed E-state index contributed by atoms with van der Waals surface area (Å²) in [4.78, 5) is 35.6. The molecule has 2 aliphatic rings. The third kappa shape index (κ3) is 6.99. The van der Waals surface area contributed by atoms with Gasteiger partial charge in [0.05, 0.1) is 35.8 Å². The Morgan fingerprint density at radius 3 is 2.50 bits per heavy atom. The first-order valence-electron chi connectivity index (χ1n) is 14.2. The van der Waals surface area contributed by atoms with Gasteiger partial charge in [-0.15, -0.1) is 0 Å². The van der Waals surface area contributed by atoms with Crippen molar-refractivity contribution in [3.63, 3.8) is 0 Å². The second-order valence-electron chi connectivity index (χ2n) is 11.2. The minimum atomic E-state index is -4.42. The number of aliphatic hydroxyl groups is 1. The number of halogens is 3. The fourth-order valence-corrected chi connectivity index (χ4v) is 6.36. The Hall–Kier alpha value is -3.77. The van der Waals surface area contributed by atoms with Crippen molar-refractivity contribution in [1.82, 2.24) is 20.2 Å². The first kappa shape index (κ1) is 29.7. The molecule has 224 valence electrons. The molecule has 2 fully saturated rings. The first-order valence-corrected chi connectivity index (χ1v) is 14.2. The summed E-state index contributed by atoms with van der Waals surface area (Å²) in [7, 11) is 0. The van der Waals surface area contributed by atoms with Crippen LogP contribution in [0.15, 0.2) is 60.8 Å². The van der Waals surface area contributed by atoms with Crippen molar-refractivity contribution >= 4 is 28.7 Å². The minimum absolute atomic E-state index is 0.0218. The Bertz CT molecular complexity index is 1390. The number of nitrogens with two attached hydrogens (primary N) is 1. The molecule has 6 atom stereocenters. The molecule has 12 heteroatoms. The predicted octanol–water partition coefficient (Wildman–Crippen LogP) is 3.18. The summed E-state index contributed by atoms with van der Waals surface area (Å²) in [5.74, 6) is -1.20. The molecule has 1 saturated carbocycles. The van der Waals surface area contributed by atoms with Crippen LogP contribution in [0.1, 0.15) is 37.7 Å². The molecule has 3 aromatic rings. The third-order valence-corrected chi connectivity index (χ3v) is 8.33. The number of hydrogen-bond acceptors (Lipinski definition) is 7. The number of β-amino-alcohol motifs (C(OH)–C–C–N with tert-alkyl or cyclic N) is 1. The lowest BCUT2D eigenvalue weighted by molar-refractivity contribution is -0.182. The Labute approximate surface area is 241 Å². The summed E-state index contributed by atoms with van der Waals surface area (Å²) in [6.45, 7) is -0.243. The maximum Gasteiger partial charge on any atom is 0.404 e. The van der Waals surface area contributed by atoms with Gasteiger partial charge in [-0.1, -0.05) is 48.9 Å². The number of rotatable bonds is 11. The molecule has 0 radical (unpaired) electrons. The summed E-state index contributed by atoms with van der Waals surface area (Å²) < 4.78 is 42.0. The number of nitrogens with one attached hydrogen (secondary N) is 2. The van der Waals surface area contributed by atoms with Crippen LogP contribution in [0.5, 0.6) is 0 Å². The van der Waals surface area contributed by atoms with Gasteiger partial charge in [-0.25, -0.2) is 4.98 Å². The van der Waals surface area contributed by atoms with E-state index < -0.39 is 42.2 Å². The van der Waals surface area contributed by atoms with Crippen LogP contribution in [0.4, 0.5) is 19.0 Å². The van der Waals surface area contributed by atoms with Crippen molar-refractivity contribution < 1.29 is 27.9 Å². The van der Waals surface area contributed by atoms with Crippen LogP contribution in [0.2, 0.25) is 0 Å². The molecular weight excluding hydrogens is 549 g/mol. The number of carbonyl (C=O) groups is 2. The second kappa shape index (κ2) is 12.6. The third-order valence-electron chi connectivity index (χ3n) is 8.33. The Morgan fingerprint density at radius 1 is 1.07 bits per heavy atom. The molecule has 5 rings (SSSR count). The van der Waals surface area contributed by atoms with E-state index in [-0.39, 0.29) is 43.6 Å². The van der Waals surface area contributed by atoms with Crippen molar-refractivity contribution in [3.05, 3.63) is 66.4 Å². The van der Waals surface area contributed by atoms with Crippen molar-refractivity contribution in [3.8, 4) is 0 Å². The van der Waals surface area contributed by atoms with E-state index in [1.807, 2.05) is 24.3 Å². The van der Waals surface area contributed by atoms with E-state index >= 15 is 0 Å². The molecule has 0 unspecified atom stereocenters. The van der Waals surface area contributed by atoms with E-state index in [9.17, 15) is 27.9 Å². The summed E-state index contributed by atoms with van der Waals surface area (Å²) in [5.41, 5.74) is 7.46. The Morgan fingerprint density at radius 2 is 1.79 bits per heavy atom. The van der Waals surface area contributed by atoms with Gasteiger partial charge >= 0.3 is 6.18 Å². The van der Waals surface area contributed by atoms with E-state index in [2.05, 4.69) is 20.6 Å². The average Bonchev–Trinajstić information content (AvgIpc) is 3.55. The molecule has 2 heterocycles. The number of aromatic nitrogens is 2.